The van der Waals surface area contributed by atoms with E-state index in [0.29, 0.717) is 13.2 Å². The number of aliphatic hydroxyl groups excluding tert-OH is 1. The molecule has 1 N–H and O–H groups in total. The summed E-state index contributed by atoms with van der Waals surface area (Å²) in [7, 11) is 0. The number of hydrogen-bond donors (Lipinski definition) is 1. The fraction of sp³-hybridized carbons (Fsp3) is 0.581. The molecule has 4 heterocycles. The second kappa shape index (κ2) is 10.4. The minimum absolute atomic E-state index is 0.0868. The zero-order valence-corrected chi connectivity index (χ0v) is 24.4. The molecule has 2 saturated heterocycles. The number of ether oxygens (including phenoxy) is 1. The number of rotatable bonds is 4. The molecular formula is C31H40N2O5S. The zero-order chi connectivity index (χ0) is 28.1. The third-order valence-corrected chi connectivity index (χ3v) is 10.7. The normalized spacial score (nSPS) is 34.3. The van der Waals surface area contributed by atoms with Crippen molar-refractivity contribution in [3.05, 3.63) is 53.6 Å². The van der Waals surface area contributed by atoms with Crippen molar-refractivity contribution in [3.8, 4) is 0 Å². The van der Waals surface area contributed by atoms with E-state index in [1.807, 2.05) is 65.0 Å². The molecular weight excluding hydrogens is 512 g/mol. The zero-order valence-electron chi connectivity index (χ0n) is 23.6. The van der Waals surface area contributed by atoms with Crippen molar-refractivity contribution in [3.63, 3.8) is 0 Å². The maximum absolute atomic E-state index is 14.7. The maximum Gasteiger partial charge on any atom is 0.311 e. The Bertz CT molecular complexity index is 1230. The van der Waals surface area contributed by atoms with Gasteiger partial charge in [-0.1, -0.05) is 50.3 Å². The molecule has 2 fully saturated rings. The van der Waals surface area contributed by atoms with Crippen LogP contribution in [0, 0.1) is 31.6 Å². The van der Waals surface area contributed by atoms with Crippen LogP contribution in [0.3, 0.4) is 0 Å². The molecule has 4 aliphatic rings. The van der Waals surface area contributed by atoms with Gasteiger partial charge in [0.15, 0.2) is 0 Å². The van der Waals surface area contributed by atoms with Gasteiger partial charge in [0.1, 0.15) is 6.04 Å². The van der Waals surface area contributed by atoms with Crippen molar-refractivity contribution < 1.29 is 24.2 Å². The number of anilines is 1. The fourth-order valence-electron chi connectivity index (χ4n) is 6.94. The minimum Gasteiger partial charge on any atom is -0.465 e. The maximum atomic E-state index is 14.7. The first-order valence-electron chi connectivity index (χ1n) is 14.1. The van der Waals surface area contributed by atoms with Crippen LogP contribution in [0.5, 0.6) is 0 Å². The number of carbonyl (C=O) groups is 3. The van der Waals surface area contributed by atoms with Gasteiger partial charge in [-0.2, -0.15) is 0 Å². The van der Waals surface area contributed by atoms with Gasteiger partial charge in [0, 0.05) is 17.0 Å². The van der Waals surface area contributed by atoms with Crippen molar-refractivity contribution in [1.29, 1.82) is 0 Å². The van der Waals surface area contributed by atoms with E-state index in [9.17, 15) is 19.5 Å². The molecule has 6 atom stereocenters. The molecule has 1 unspecified atom stereocenters. The first-order valence-corrected chi connectivity index (χ1v) is 14.9. The number of thioether (sulfide) groups is 1. The van der Waals surface area contributed by atoms with Gasteiger partial charge in [-0.25, -0.2) is 0 Å². The molecule has 5 rings (SSSR count). The first-order chi connectivity index (χ1) is 18.6. The number of nitrogens with zero attached hydrogens (tertiary/aromatic N) is 2. The lowest BCUT2D eigenvalue weighted by molar-refractivity contribution is -0.155. The van der Waals surface area contributed by atoms with Crippen molar-refractivity contribution in [2.75, 3.05) is 24.7 Å². The number of aryl methyl sites for hydroxylation is 2. The van der Waals surface area contributed by atoms with Crippen molar-refractivity contribution >= 4 is 35.2 Å². The van der Waals surface area contributed by atoms with E-state index in [0.717, 1.165) is 36.1 Å². The van der Waals surface area contributed by atoms with E-state index in [-0.39, 0.29) is 30.3 Å². The molecule has 0 saturated carbocycles. The smallest absolute Gasteiger partial charge is 0.311 e. The summed E-state index contributed by atoms with van der Waals surface area (Å²) in [6.07, 6.45) is 10.7. The molecule has 4 aliphatic heterocycles. The highest BCUT2D eigenvalue weighted by atomic mass is 32.2. The van der Waals surface area contributed by atoms with Crippen LogP contribution in [-0.4, -0.2) is 69.1 Å². The number of hydrogen-bond acceptors (Lipinski definition) is 6. The molecule has 0 aromatic heterocycles. The molecule has 2 amide bonds. The second-order valence-electron chi connectivity index (χ2n) is 11.9. The number of likely N-dealkylation sites (tertiary alicyclic amines) is 1. The van der Waals surface area contributed by atoms with Crippen LogP contribution >= 0.6 is 11.8 Å². The molecule has 0 radical (unpaired) electrons. The van der Waals surface area contributed by atoms with Crippen molar-refractivity contribution in [2.45, 2.75) is 75.5 Å². The molecule has 7 nitrogen and oxygen atoms in total. The number of cyclic esters (lactones) is 1. The molecule has 1 aromatic rings. The Labute approximate surface area is 235 Å². The number of fused-ring (bicyclic) bond motifs is 2. The molecule has 8 heteroatoms. The van der Waals surface area contributed by atoms with E-state index < -0.39 is 33.4 Å². The number of carbonyl (C=O) groups excluding carboxylic acids is 3. The number of allylic oxidation sites excluding steroid dienone is 1. The van der Waals surface area contributed by atoms with Gasteiger partial charge < -0.3 is 19.6 Å². The van der Waals surface area contributed by atoms with E-state index in [4.69, 9.17) is 4.74 Å². The Morgan fingerprint density at radius 3 is 2.56 bits per heavy atom. The summed E-state index contributed by atoms with van der Waals surface area (Å²) in [6, 6.07) is 4.61. The molecule has 39 heavy (non-hydrogen) atoms. The van der Waals surface area contributed by atoms with E-state index in [2.05, 4.69) is 12.2 Å². The Balaban J connectivity index is 1.70. The van der Waals surface area contributed by atoms with Gasteiger partial charge in [-0.15, -0.1) is 11.8 Å². The Morgan fingerprint density at radius 2 is 1.85 bits per heavy atom. The summed E-state index contributed by atoms with van der Waals surface area (Å²) in [4.78, 5) is 46.3. The Kier molecular flexibility index (Phi) is 7.48. The SMILES string of the molecule is Cc1ccc(C)c(N2CC=C[C@]34S[C@@]5(C)/C=C\CCCCOC(=O)[C@H]5[C@H]3C(=O)N([C@@H](CO)C(C)C)C4C2=O)c1. The summed E-state index contributed by atoms with van der Waals surface area (Å²) >= 11 is 1.54. The Hall–Kier alpha value is -2.58. The molecule has 0 aliphatic carbocycles. The predicted octanol–water partition coefficient (Wildman–Crippen LogP) is 4.19. The van der Waals surface area contributed by atoms with Crippen LogP contribution in [-0.2, 0) is 19.1 Å². The van der Waals surface area contributed by atoms with Gasteiger partial charge in [0.25, 0.3) is 5.91 Å². The highest BCUT2D eigenvalue weighted by Crippen LogP contribution is 2.65. The summed E-state index contributed by atoms with van der Waals surface area (Å²) in [5, 5.41) is 10.5. The van der Waals surface area contributed by atoms with Gasteiger partial charge in [0.2, 0.25) is 5.91 Å². The number of amides is 2. The van der Waals surface area contributed by atoms with Crippen LogP contribution in [0.15, 0.2) is 42.5 Å². The number of aliphatic hydroxyl groups is 1. The summed E-state index contributed by atoms with van der Waals surface area (Å²) in [5.41, 5.74) is 2.83. The van der Waals surface area contributed by atoms with Crippen LogP contribution in [0.25, 0.3) is 0 Å². The van der Waals surface area contributed by atoms with E-state index in [1.165, 1.54) is 0 Å². The van der Waals surface area contributed by atoms with E-state index >= 15 is 0 Å². The van der Waals surface area contributed by atoms with Gasteiger partial charge in [0.05, 0.1) is 35.8 Å². The standard InChI is InChI=1S/C31H40N2O5S/c1-19(2)23(18-34)33-26-28(36)32(22-17-20(3)11-12-21(22)4)15-10-14-31(26)24(27(33)35)25-29(37)38-16-9-7-6-8-13-30(25,5)39-31/h8,10-14,17,19,23-26,34H,6-7,9,15-16,18H2,1-5H3/b13-8-/t23-,24-,25+,26?,30-,31-/m0/s1. The monoisotopic (exact) mass is 552 g/mol. The molecule has 0 bridgehead atoms. The predicted molar refractivity (Wildman–Crippen MR) is 153 cm³/mol. The average molecular weight is 553 g/mol. The summed E-state index contributed by atoms with van der Waals surface area (Å²) < 4.78 is 4.06. The highest BCUT2D eigenvalue weighted by Gasteiger charge is 2.74. The largest absolute Gasteiger partial charge is 0.465 e. The minimum atomic E-state index is -0.972. The number of benzene rings is 1. The van der Waals surface area contributed by atoms with E-state index in [1.54, 1.807) is 21.6 Å². The lowest BCUT2D eigenvalue weighted by Crippen LogP contribution is -2.58. The lowest BCUT2D eigenvalue weighted by atomic mass is 9.74. The summed E-state index contributed by atoms with van der Waals surface area (Å²) in [6.45, 7) is 10.3. The van der Waals surface area contributed by atoms with Crippen LogP contribution in [0.1, 0.15) is 51.2 Å². The number of esters is 1. The molecule has 1 aromatic carbocycles. The third-order valence-electron chi connectivity index (χ3n) is 8.91. The molecule has 210 valence electrons. The van der Waals surface area contributed by atoms with Gasteiger partial charge >= 0.3 is 5.97 Å². The van der Waals surface area contributed by atoms with Gasteiger partial charge in [-0.05, 0) is 63.1 Å². The third kappa shape index (κ3) is 4.44. The topological polar surface area (TPSA) is 87.2 Å². The summed E-state index contributed by atoms with van der Waals surface area (Å²) in [5.74, 6) is -2.42. The van der Waals surface area contributed by atoms with Crippen molar-refractivity contribution in [2.24, 2.45) is 17.8 Å². The van der Waals surface area contributed by atoms with Gasteiger partial charge in [-0.3, -0.25) is 14.4 Å². The molecule has 1 spiro atoms. The van der Waals surface area contributed by atoms with Crippen molar-refractivity contribution in [1.82, 2.24) is 4.90 Å². The lowest BCUT2D eigenvalue weighted by Gasteiger charge is -2.41. The second-order valence-corrected chi connectivity index (χ2v) is 13.7. The highest BCUT2D eigenvalue weighted by molar-refractivity contribution is 8.02. The average Bonchev–Trinajstić information content (AvgIpc) is 3.21. The first kappa shape index (κ1) is 28.0. The van der Waals surface area contributed by atoms with Crippen LogP contribution < -0.4 is 4.90 Å². The van der Waals surface area contributed by atoms with Crippen LogP contribution in [0.4, 0.5) is 5.69 Å². The Morgan fingerprint density at radius 1 is 1.08 bits per heavy atom. The fourth-order valence-corrected chi connectivity index (χ4v) is 9.08. The quantitative estimate of drug-likeness (QED) is 0.445. The van der Waals surface area contributed by atoms with Crippen LogP contribution in [0.2, 0.25) is 0 Å².